The minimum Gasteiger partial charge on any atom is -0.492 e. The van der Waals surface area contributed by atoms with Gasteiger partial charge in [-0.05, 0) is 57.5 Å². The molecule has 23 heavy (non-hydrogen) atoms. The smallest absolute Gasteiger partial charge is 0.142 e. The molecule has 1 aliphatic heterocycles. The van der Waals surface area contributed by atoms with Crippen molar-refractivity contribution >= 4 is 5.69 Å². The molecule has 0 aliphatic carbocycles. The zero-order valence-electron chi connectivity index (χ0n) is 14.5. The molecule has 5 nitrogen and oxygen atoms in total. The maximum Gasteiger partial charge on any atom is 0.142 e. The van der Waals surface area contributed by atoms with Crippen molar-refractivity contribution in [1.82, 2.24) is 10.2 Å². The van der Waals surface area contributed by atoms with Gasteiger partial charge in [-0.2, -0.15) is 0 Å². The Balaban J connectivity index is 1.65. The Bertz CT molecular complexity index is 462. The van der Waals surface area contributed by atoms with Crippen molar-refractivity contribution in [3.05, 3.63) is 23.8 Å². The molecule has 1 aliphatic rings. The zero-order chi connectivity index (χ0) is 16.5. The van der Waals surface area contributed by atoms with Crippen LogP contribution in [0.4, 0.5) is 5.69 Å². The summed E-state index contributed by atoms with van der Waals surface area (Å²) in [7, 11) is 0. The van der Waals surface area contributed by atoms with Crippen LogP contribution in [0.1, 0.15) is 25.8 Å². The second kappa shape index (κ2) is 9.75. The van der Waals surface area contributed by atoms with Crippen LogP contribution < -0.4 is 15.8 Å². The van der Waals surface area contributed by atoms with E-state index >= 15 is 0 Å². The Morgan fingerprint density at radius 1 is 1.35 bits per heavy atom. The maximum atomic E-state index is 6.03. The average molecular weight is 321 g/mol. The van der Waals surface area contributed by atoms with E-state index in [2.05, 4.69) is 23.2 Å². The number of morpholine rings is 1. The largest absolute Gasteiger partial charge is 0.492 e. The number of hydrogen-bond donors (Lipinski definition) is 2. The lowest BCUT2D eigenvalue weighted by atomic mass is 10.1. The van der Waals surface area contributed by atoms with Crippen molar-refractivity contribution in [2.24, 2.45) is 0 Å². The molecule has 130 valence electrons. The number of nitrogens with two attached hydrogens (primary N) is 1. The molecule has 1 atom stereocenters. The van der Waals surface area contributed by atoms with Gasteiger partial charge in [0.25, 0.3) is 0 Å². The van der Waals surface area contributed by atoms with E-state index < -0.39 is 0 Å². The van der Waals surface area contributed by atoms with Crippen molar-refractivity contribution in [1.29, 1.82) is 0 Å². The Morgan fingerprint density at radius 3 is 2.83 bits per heavy atom. The second-order valence-electron chi connectivity index (χ2n) is 6.17. The molecule has 0 radical (unpaired) electrons. The van der Waals surface area contributed by atoms with E-state index in [1.807, 2.05) is 19.1 Å². The highest BCUT2D eigenvalue weighted by Crippen LogP contribution is 2.23. The SMILES string of the molecule is CCOc1ccc(CC(C)NCCCN2CCOCC2)cc1N. The highest BCUT2D eigenvalue weighted by molar-refractivity contribution is 5.54. The number of nitrogens with zero attached hydrogens (tertiary/aromatic N) is 1. The van der Waals surface area contributed by atoms with Gasteiger partial charge in [0, 0.05) is 19.1 Å². The van der Waals surface area contributed by atoms with E-state index in [1.165, 1.54) is 12.0 Å². The van der Waals surface area contributed by atoms with E-state index in [0.29, 0.717) is 12.6 Å². The van der Waals surface area contributed by atoms with Gasteiger partial charge >= 0.3 is 0 Å². The Labute approximate surface area is 140 Å². The van der Waals surface area contributed by atoms with Gasteiger partial charge in [0.15, 0.2) is 0 Å². The fraction of sp³-hybridized carbons (Fsp3) is 0.667. The van der Waals surface area contributed by atoms with Gasteiger partial charge in [0.1, 0.15) is 5.75 Å². The van der Waals surface area contributed by atoms with Crippen molar-refractivity contribution in [2.45, 2.75) is 32.7 Å². The van der Waals surface area contributed by atoms with Crippen LogP contribution in [-0.2, 0) is 11.2 Å². The van der Waals surface area contributed by atoms with Crippen molar-refractivity contribution in [2.75, 3.05) is 51.7 Å². The molecule has 1 saturated heterocycles. The third-order valence-corrected chi connectivity index (χ3v) is 4.16. The first kappa shape index (κ1) is 18.0. The zero-order valence-corrected chi connectivity index (χ0v) is 14.5. The molecule has 0 spiro atoms. The van der Waals surface area contributed by atoms with Crippen LogP contribution in [0.25, 0.3) is 0 Å². The Morgan fingerprint density at radius 2 is 2.13 bits per heavy atom. The van der Waals surface area contributed by atoms with Crippen LogP contribution in [0, 0.1) is 0 Å². The first-order chi connectivity index (χ1) is 11.2. The van der Waals surface area contributed by atoms with Gasteiger partial charge in [-0.1, -0.05) is 6.07 Å². The lowest BCUT2D eigenvalue weighted by molar-refractivity contribution is 0.0374. The van der Waals surface area contributed by atoms with Gasteiger partial charge in [-0.3, -0.25) is 4.90 Å². The lowest BCUT2D eigenvalue weighted by Gasteiger charge is -2.26. The third kappa shape index (κ3) is 6.37. The van der Waals surface area contributed by atoms with Crippen molar-refractivity contribution < 1.29 is 9.47 Å². The molecule has 0 bridgehead atoms. The number of rotatable bonds is 9. The summed E-state index contributed by atoms with van der Waals surface area (Å²) < 4.78 is 10.8. The van der Waals surface area contributed by atoms with Gasteiger partial charge in [0.05, 0.1) is 25.5 Å². The molecule has 3 N–H and O–H groups in total. The number of hydrogen-bond acceptors (Lipinski definition) is 5. The summed E-state index contributed by atoms with van der Waals surface area (Å²) in [6, 6.07) is 6.54. The molecule has 1 aromatic carbocycles. The van der Waals surface area contributed by atoms with Crippen LogP contribution in [0.2, 0.25) is 0 Å². The minimum absolute atomic E-state index is 0.442. The molecular weight excluding hydrogens is 290 g/mol. The van der Waals surface area contributed by atoms with Crippen LogP contribution in [-0.4, -0.2) is 56.9 Å². The summed E-state index contributed by atoms with van der Waals surface area (Å²) in [5.41, 5.74) is 8.00. The Kier molecular flexibility index (Phi) is 7.65. The molecule has 2 rings (SSSR count). The topological polar surface area (TPSA) is 59.8 Å². The van der Waals surface area contributed by atoms with Gasteiger partial charge in [-0.15, -0.1) is 0 Å². The van der Waals surface area contributed by atoms with E-state index in [1.54, 1.807) is 0 Å². The number of nitrogens with one attached hydrogen (secondary N) is 1. The molecule has 1 heterocycles. The monoisotopic (exact) mass is 321 g/mol. The highest BCUT2D eigenvalue weighted by atomic mass is 16.5. The fourth-order valence-electron chi connectivity index (χ4n) is 2.91. The third-order valence-electron chi connectivity index (χ3n) is 4.16. The molecule has 1 aromatic rings. The number of anilines is 1. The summed E-state index contributed by atoms with van der Waals surface area (Å²) >= 11 is 0. The van der Waals surface area contributed by atoms with E-state index in [-0.39, 0.29) is 0 Å². The summed E-state index contributed by atoms with van der Waals surface area (Å²) in [4.78, 5) is 2.48. The molecule has 5 heteroatoms. The van der Waals surface area contributed by atoms with Crippen LogP contribution in [0.15, 0.2) is 18.2 Å². The molecule has 0 saturated carbocycles. The number of ether oxygens (including phenoxy) is 2. The Hall–Kier alpha value is -1.30. The maximum absolute atomic E-state index is 6.03. The van der Waals surface area contributed by atoms with Gasteiger partial charge in [0.2, 0.25) is 0 Å². The minimum atomic E-state index is 0.442. The van der Waals surface area contributed by atoms with E-state index in [4.69, 9.17) is 15.2 Å². The van der Waals surface area contributed by atoms with E-state index in [0.717, 1.165) is 57.3 Å². The fourth-order valence-corrected chi connectivity index (χ4v) is 2.91. The molecule has 1 fully saturated rings. The average Bonchev–Trinajstić information content (AvgIpc) is 2.55. The summed E-state index contributed by atoms with van der Waals surface area (Å²) in [5.74, 6) is 0.780. The quantitative estimate of drug-likeness (QED) is 0.537. The summed E-state index contributed by atoms with van der Waals surface area (Å²) in [5, 5.41) is 3.60. The number of benzene rings is 1. The van der Waals surface area contributed by atoms with Crippen molar-refractivity contribution in [3.8, 4) is 5.75 Å². The normalized spacial score (nSPS) is 17.1. The van der Waals surface area contributed by atoms with Crippen LogP contribution >= 0.6 is 0 Å². The van der Waals surface area contributed by atoms with E-state index in [9.17, 15) is 0 Å². The molecule has 0 amide bonds. The van der Waals surface area contributed by atoms with Crippen LogP contribution in [0.5, 0.6) is 5.75 Å². The standard InChI is InChI=1S/C18H31N3O2/c1-3-23-18-6-5-16(14-17(18)19)13-15(2)20-7-4-8-21-9-11-22-12-10-21/h5-6,14-15,20H,3-4,7-13,19H2,1-2H3. The summed E-state index contributed by atoms with van der Waals surface area (Å²) in [6.45, 7) is 10.9. The predicted molar refractivity (Wildman–Crippen MR) is 95.1 cm³/mol. The first-order valence-corrected chi connectivity index (χ1v) is 8.73. The predicted octanol–water partition coefficient (Wildman–Crippen LogP) is 1.91. The molecular formula is C18H31N3O2. The van der Waals surface area contributed by atoms with Gasteiger partial charge < -0.3 is 20.5 Å². The van der Waals surface area contributed by atoms with Crippen molar-refractivity contribution in [3.63, 3.8) is 0 Å². The van der Waals surface area contributed by atoms with Gasteiger partial charge in [-0.25, -0.2) is 0 Å². The second-order valence-corrected chi connectivity index (χ2v) is 6.17. The summed E-state index contributed by atoms with van der Waals surface area (Å²) in [6.07, 6.45) is 2.16. The highest BCUT2D eigenvalue weighted by Gasteiger charge is 2.10. The molecule has 1 unspecified atom stereocenters. The number of nitrogen functional groups attached to an aromatic ring is 1. The lowest BCUT2D eigenvalue weighted by Crippen LogP contribution is -2.38. The first-order valence-electron chi connectivity index (χ1n) is 8.73. The molecule has 0 aromatic heterocycles. The van der Waals surface area contributed by atoms with Crippen LogP contribution in [0.3, 0.4) is 0 Å².